The number of amides is 1. The highest BCUT2D eigenvalue weighted by Gasteiger charge is 2.11. The maximum absolute atomic E-state index is 11.5. The van der Waals surface area contributed by atoms with Crippen molar-refractivity contribution in [1.82, 2.24) is 14.6 Å². The van der Waals surface area contributed by atoms with Crippen LogP contribution in [0.15, 0.2) is 22.8 Å². The molecule has 0 aromatic carbocycles. The summed E-state index contributed by atoms with van der Waals surface area (Å²) in [5, 5.41) is 6.79. The van der Waals surface area contributed by atoms with E-state index in [0.29, 0.717) is 11.6 Å². The molecule has 6 heteroatoms. The molecule has 16 heavy (non-hydrogen) atoms. The number of hydrogen-bond donors (Lipinski definition) is 1. The zero-order valence-electron chi connectivity index (χ0n) is 8.94. The second-order valence-corrected chi connectivity index (χ2v) is 4.56. The van der Waals surface area contributed by atoms with Crippen LogP contribution < -0.4 is 5.32 Å². The molecule has 1 amide bonds. The first-order chi connectivity index (χ1) is 7.58. The van der Waals surface area contributed by atoms with Crippen LogP contribution in [0.1, 0.15) is 13.8 Å². The summed E-state index contributed by atoms with van der Waals surface area (Å²) < 4.78 is 2.45. The van der Waals surface area contributed by atoms with Crippen molar-refractivity contribution in [2.75, 3.05) is 5.32 Å². The molecule has 0 fully saturated rings. The maximum Gasteiger partial charge on any atom is 0.249 e. The lowest BCUT2D eigenvalue weighted by Gasteiger charge is -2.01. The lowest BCUT2D eigenvalue weighted by Crippen LogP contribution is -2.18. The summed E-state index contributed by atoms with van der Waals surface area (Å²) in [6.07, 6.45) is 1.78. The minimum absolute atomic E-state index is 0.0879. The van der Waals surface area contributed by atoms with Crippen LogP contribution in [-0.4, -0.2) is 20.5 Å². The van der Waals surface area contributed by atoms with Crippen LogP contribution in [0.2, 0.25) is 0 Å². The van der Waals surface area contributed by atoms with Crippen LogP contribution in [0, 0.1) is 5.92 Å². The molecule has 0 spiro atoms. The molecule has 2 aromatic rings. The Hall–Kier alpha value is -1.43. The van der Waals surface area contributed by atoms with Crippen LogP contribution in [0.3, 0.4) is 0 Å². The molecular weight excluding hydrogens is 272 g/mol. The number of nitrogens with zero attached hydrogens (tertiary/aromatic N) is 3. The molecule has 0 unspecified atom stereocenters. The normalized spacial score (nSPS) is 11.0. The van der Waals surface area contributed by atoms with Gasteiger partial charge in [0, 0.05) is 12.1 Å². The van der Waals surface area contributed by atoms with Crippen molar-refractivity contribution in [3.63, 3.8) is 0 Å². The first-order valence-electron chi connectivity index (χ1n) is 4.89. The second-order valence-electron chi connectivity index (χ2n) is 3.70. The third-order valence-electron chi connectivity index (χ3n) is 2.07. The van der Waals surface area contributed by atoms with Gasteiger partial charge in [0.1, 0.15) is 0 Å². The van der Waals surface area contributed by atoms with Gasteiger partial charge in [0.15, 0.2) is 5.65 Å². The minimum atomic E-state index is -0.0907. The molecule has 2 rings (SSSR count). The Morgan fingerprint density at radius 3 is 2.94 bits per heavy atom. The van der Waals surface area contributed by atoms with Crippen molar-refractivity contribution >= 4 is 33.4 Å². The average molecular weight is 283 g/mol. The van der Waals surface area contributed by atoms with Crippen LogP contribution in [0.4, 0.5) is 5.95 Å². The Labute approximate surface area is 101 Å². The van der Waals surface area contributed by atoms with Crippen molar-refractivity contribution in [2.45, 2.75) is 13.8 Å². The zero-order valence-corrected chi connectivity index (χ0v) is 10.5. The number of hydrogen-bond acceptors (Lipinski definition) is 3. The van der Waals surface area contributed by atoms with Crippen molar-refractivity contribution in [1.29, 1.82) is 0 Å². The van der Waals surface area contributed by atoms with E-state index in [1.165, 1.54) is 0 Å². The van der Waals surface area contributed by atoms with Gasteiger partial charge < -0.3 is 0 Å². The summed E-state index contributed by atoms with van der Waals surface area (Å²) in [5.74, 6) is 0.146. The van der Waals surface area contributed by atoms with E-state index in [0.717, 1.165) is 4.47 Å². The van der Waals surface area contributed by atoms with Gasteiger partial charge in [-0.3, -0.25) is 10.1 Å². The van der Waals surface area contributed by atoms with Gasteiger partial charge in [-0.1, -0.05) is 13.8 Å². The van der Waals surface area contributed by atoms with Crippen molar-refractivity contribution in [2.24, 2.45) is 5.92 Å². The van der Waals surface area contributed by atoms with E-state index in [1.54, 1.807) is 10.7 Å². The van der Waals surface area contributed by atoms with Crippen molar-refractivity contribution in [3.8, 4) is 0 Å². The van der Waals surface area contributed by atoms with Gasteiger partial charge in [-0.15, -0.1) is 5.10 Å². The number of carbonyl (C=O) groups excluding carboxylic acids is 1. The van der Waals surface area contributed by atoms with E-state index in [-0.39, 0.29) is 11.8 Å². The first-order valence-corrected chi connectivity index (χ1v) is 5.69. The summed E-state index contributed by atoms with van der Waals surface area (Å²) in [4.78, 5) is 15.7. The van der Waals surface area contributed by atoms with E-state index in [1.807, 2.05) is 26.0 Å². The van der Waals surface area contributed by atoms with E-state index < -0.39 is 0 Å². The third-order valence-corrected chi connectivity index (χ3v) is 2.69. The van der Waals surface area contributed by atoms with Gasteiger partial charge in [0.05, 0.1) is 4.47 Å². The van der Waals surface area contributed by atoms with Gasteiger partial charge in [-0.05, 0) is 28.1 Å². The minimum Gasteiger partial charge on any atom is -0.293 e. The number of pyridine rings is 1. The van der Waals surface area contributed by atoms with Crippen LogP contribution in [0.5, 0.6) is 0 Å². The first kappa shape index (κ1) is 11.1. The predicted molar refractivity (Wildman–Crippen MR) is 64.2 cm³/mol. The molecule has 0 aliphatic rings. The SMILES string of the molecule is CC(C)C(=O)Nc1nc2c(Br)cccn2n1. The Bertz CT molecular complexity index is 535. The fourth-order valence-electron chi connectivity index (χ4n) is 1.18. The summed E-state index contributed by atoms with van der Waals surface area (Å²) in [6, 6.07) is 3.72. The Kier molecular flexibility index (Phi) is 2.91. The molecule has 0 aliphatic heterocycles. The fourth-order valence-corrected chi connectivity index (χ4v) is 1.60. The molecule has 0 atom stereocenters. The van der Waals surface area contributed by atoms with E-state index >= 15 is 0 Å². The molecule has 0 saturated heterocycles. The lowest BCUT2D eigenvalue weighted by atomic mass is 10.2. The van der Waals surface area contributed by atoms with E-state index in [9.17, 15) is 4.79 Å². The summed E-state index contributed by atoms with van der Waals surface area (Å²) in [6.45, 7) is 3.64. The number of rotatable bonds is 2. The highest BCUT2D eigenvalue weighted by molar-refractivity contribution is 9.10. The fraction of sp³-hybridized carbons (Fsp3) is 0.300. The maximum atomic E-state index is 11.5. The molecule has 84 valence electrons. The molecular formula is C10H11BrN4O. The molecule has 0 radical (unpaired) electrons. The Morgan fingerprint density at radius 2 is 2.31 bits per heavy atom. The number of halogens is 1. The predicted octanol–water partition coefficient (Wildman–Crippen LogP) is 2.09. The lowest BCUT2D eigenvalue weighted by molar-refractivity contribution is -0.118. The number of aromatic nitrogens is 3. The van der Waals surface area contributed by atoms with Crippen molar-refractivity contribution < 1.29 is 4.79 Å². The molecule has 5 nitrogen and oxygen atoms in total. The van der Waals surface area contributed by atoms with Gasteiger partial charge in [-0.25, -0.2) is 4.52 Å². The zero-order chi connectivity index (χ0) is 11.7. The number of carbonyl (C=O) groups is 1. The Balaban J connectivity index is 2.33. The Morgan fingerprint density at radius 1 is 1.56 bits per heavy atom. The van der Waals surface area contributed by atoms with Gasteiger partial charge >= 0.3 is 0 Å². The molecule has 0 bridgehead atoms. The quantitative estimate of drug-likeness (QED) is 0.918. The number of anilines is 1. The van der Waals surface area contributed by atoms with Crippen LogP contribution in [-0.2, 0) is 4.79 Å². The largest absolute Gasteiger partial charge is 0.293 e. The van der Waals surface area contributed by atoms with Gasteiger partial charge in [-0.2, -0.15) is 4.98 Å². The van der Waals surface area contributed by atoms with Crippen molar-refractivity contribution in [3.05, 3.63) is 22.8 Å². The molecule has 1 N–H and O–H groups in total. The van der Waals surface area contributed by atoms with Gasteiger partial charge in [0.25, 0.3) is 0 Å². The van der Waals surface area contributed by atoms with Crippen LogP contribution in [0.25, 0.3) is 5.65 Å². The summed E-state index contributed by atoms with van der Waals surface area (Å²) in [7, 11) is 0. The second kappa shape index (κ2) is 4.21. The molecule has 0 aliphatic carbocycles. The smallest absolute Gasteiger partial charge is 0.249 e. The number of fused-ring (bicyclic) bond motifs is 1. The topological polar surface area (TPSA) is 59.3 Å². The standard InChI is InChI=1S/C10H11BrN4O/c1-6(2)9(16)13-10-12-8-7(11)4-3-5-15(8)14-10/h3-6H,1-2H3,(H,13,14,16). The van der Waals surface area contributed by atoms with E-state index in [4.69, 9.17) is 0 Å². The highest BCUT2D eigenvalue weighted by Crippen LogP contribution is 2.16. The summed E-state index contributed by atoms with van der Waals surface area (Å²) >= 11 is 3.37. The van der Waals surface area contributed by atoms with Gasteiger partial charge in [0.2, 0.25) is 11.9 Å². The molecule has 0 saturated carbocycles. The molecule has 2 aromatic heterocycles. The molecule has 2 heterocycles. The number of nitrogens with one attached hydrogen (secondary N) is 1. The third kappa shape index (κ3) is 2.06. The summed E-state index contributed by atoms with van der Waals surface area (Å²) in [5.41, 5.74) is 0.682. The van der Waals surface area contributed by atoms with Crippen LogP contribution >= 0.6 is 15.9 Å². The van der Waals surface area contributed by atoms with E-state index in [2.05, 4.69) is 31.3 Å². The highest BCUT2D eigenvalue weighted by atomic mass is 79.9. The monoisotopic (exact) mass is 282 g/mol. The average Bonchev–Trinajstić information content (AvgIpc) is 2.61.